The average molecular weight is 423 g/mol. The molecule has 150 valence electrons. The minimum absolute atomic E-state index is 0.0134. The molecule has 7 heteroatoms. The van der Waals surface area contributed by atoms with Gasteiger partial charge in [0.05, 0.1) is 18.1 Å². The van der Waals surface area contributed by atoms with Crippen LogP contribution in [0.15, 0.2) is 42.5 Å². The van der Waals surface area contributed by atoms with E-state index in [2.05, 4.69) is 10.6 Å². The van der Waals surface area contributed by atoms with Gasteiger partial charge >= 0.3 is 0 Å². The topological polar surface area (TPSA) is 67.4 Å². The Bertz CT molecular complexity index is 827. The number of amides is 2. The first kappa shape index (κ1) is 22.1. The van der Waals surface area contributed by atoms with E-state index < -0.39 is 0 Å². The van der Waals surface area contributed by atoms with Crippen molar-refractivity contribution >= 4 is 40.7 Å². The lowest BCUT2D eigenvalue weighted by Gasteiger charge is -2.12. The van der Waals surface area contributed by atoms with Gasteiger partial charge in [-0.1, -0.05) is 55.2 Å². The van der Waals surface area contributed by atoms with E-state index in [4.69, 9.17) is 27.9 Å². The third-order valence-electron chi connectivity index (χ3n) is 4.25. The van der Waals surface area contributed by atoms with Crippen molar-refractivity contribution in [3.63, 3.8) is 0 Å². The van der Waals surface area contributed by atoms with Gasteiger partial charge in [-0.3, -0.25) is 9.59 Å². The molecular formula is C21H24Cl2N2O3. The molecule has 0 aliphatic carbocycles. The van der Waals surface area contributed by atoms with E-state index in [9.17, 15) is 9.59 Å². The molecular weight excluding hydrogens is 399 g/mol. The number of nitrogens with one attached hydrogen (secondary N) is 2. The number of benzene rings is 2. The molecule has 0 aliphatic heterocycles. The lowest BCUT2D eigenvalue weighted by atomic mass is 10.1. The smallest absolute Gasteiger partial charge is 0.227 e. The second kappa shape index (κ2) is 10.9. The summed E-state index contributed by atoms with van der Waals surface area (Å²) < 4.78 is 5.51. The highest BCUT2D eigenvalue weighted by atomic mass is 35.5. The molecule has 0 aromatic heterocycles. The van der Waals surface area contributed by atoms with Gasteiger partial charge in [-0.25, -0.2) is 0 Å². The molecule has 0 radical (unpaired) electrons. The molecule has 1 unspecified atom stereocenters. The van der Waals surface area contributed by atoms with E-state index in [1.165, 1.54) is 0 Å². The normalized spacial score (nSPS) is 11.6. The molecule has 28 heavy (non-hydrogen) atoms. The first-order valence-electron chi connectivity index (χ1n) is 9.14. The molecule has 2 aromatic carbocycles. The number of halogens is 2. The minimum atomic E-state index is -0.146. The van der Waals surface area contributed by atoms with Crippen molar-refractivity contribution in [1.29, 1.82) is 0 Å². The van der Waals surface area contributed by atoms with Crippen LogP contribution in [0, 0.1) is 5.92 Å². The Morgan fingerprint density at radius 2 is 1.89 bits per heavy atom. The van der Waals surface area contributed by atoms with Crippen molar-refractivity contribution in [1.82, 2.24) is 5.32 Å². The van der Waals surface area contributed by atoms with Crippen LogP contribution in [0.4, 0.5) is 5.69 Å². The van der Waals surface area contributed by atoms with E-state index in [1.54, 1.807) is 18.2 Å². The minimum Gasteiger partial charge on any atom is -0.491 e. The maximum atomic E-state index is 12.0. The monoisotopic (exact) mass is 422 g/mol. The van der Waals surface area contributed by atoms with Crippen molar-refractivity contribution in [2.45, 2.75) is 33.2 Å². The maximum Gasteiger partial charge on any atom is 0.227 e. The Balaban J connectivity index is 1.78. The van der Waals surface area contributed by atoms with E-state index in [0.717, 1.165) is 17.7 Å². The van der Waals surface area contributed by atoms with Crippen LogP contribution in [0.2, 0.25) is 10.0 Å². The van der Waals surface area contributed by atoms with Gasteiger partial charge in [0.25, 0.3) is 0 Å². The molecule has 0 bridgehead atoms. The highest BCUT2D eigenvalue weighted by molar-refractivity contribution is 6.42. The van der Waals surface area contributed by atoms with Crippen molar-refractivity contribution in [3.8, 4) is 5.75 Å². The van der Waals surface area contributed by atoms with Gasteiger partial charge < -0.3 is 15.4 Å². The Hall–Kier alpha value is -2.24. The summed E-state index contributed by atoms with van der Waals surface area (Å²) in [5.41, 5.74) is 1.62. The maximum absolute atomic E-state index is 12.0. The number of carbonyl (C=O) groups excluding carboxylic acids is 2. The number of anilines is 1. The quantitative estimate of drug-likeness (QED) is 0.592. The van der Waals surface area contributed by atoms with Crippen LogP contribution in [0.3, 0.4) is 0 Å². The van der Waals surface area contributed by atoms with Gasteiger partial charge in [0, 0.05) is 18.2 Å². The molecule has 0 saturated carbocycles. The summed E-state index contributed by atoms with van der Waals surface area (Å²) in [5.74, 6) is 0.246. The van der Waals surface area contributed by atoms with Crippen LogP contribution in [0.5, 0.6) is 5.75 Å². The van der Waals surface area contributed by atoms with Crippen LogP contribution < -0.4 is 15.4 Å². The fraction of sp³-hybridized carbons (Fsp3) is 0.333. The van der Waals surface area contributed by atoms with Crippen LogP contribution in [0.1, 0.15) is 32.3 Å². The lowest BCUT2D eigenvalue weighted by molar-refractivity contribution is -0.122. The van der Waals surface area contributed by atoms with E-state index in [0.29, 0.717) is 22.3 Å². The predicted octanol–water partition coefficient (Wildman–Crippen LogP) is 5.06. The van der Waals surface area contributed by atoms with Crippen molar-refractivity contribution in [3.05, 3.63) is 58.1 Å². The Morgan fingerprint density at radius 3 is 2.64 bits per heavy atom. The fourth-order valence-electron chi connectivity index (χ4n) is 2.35. The van der Waals surface area contributed by atoms with Gasteiger partial charge in [0.2, 0.25) is 11.8 Å². The third-order valence-corrected chi connectivity index (χ3v) is 5.05. The van der Waals surface area contributed by atoms with Crippen LogP contribution >= 0.6 is 23.2 Å². The van der Waals surface area contributed by atoms with Gasteiger partial charge in [-0.15, -0.1) is 0 Å². The van der Waals surface area contributed by atoms with Gasteiger partial charge in [-0.05, 0) is 36.2 Å². The first-order chi connectivity index (χ1) is 13.4. The number of ether oxygens (including phenoxy) is 1. The fourth-order valence-corrected chi connectivity index (χ4v) is 2.69. The zero-order valence-electron chi connectivity index (χ0n) is 15.9. The summed E-state index contributed by atoms with van der Waals surface area (Å²) in [6, 6.07) is 12.5. The second-order valence-electron chi connectivity index (χ2n) is 6.43. The molecule has 0 spiro atoms. The summed E-state index contributed by atoms with van der Waals surface area (Å²) in [4.78, 5) is 24.0. The van der Waals surface area contributed by atoms with Crippen LogP contribution in [-0.2, 0) is 16.1 Å². The summed E-state index contributed by atoms with van der Waals surface area (Å²) in [5, 5.41) is 6.46. The predicted molar refractivity (Wildman–Crippen MR) is 113 cm³/mol. The van der Waals surface area contributed by atoms with Gasteiger partial charge in [0.1, 0.15) is 10.8 Å². The summed E-state index contributed by atoms with van der Waals surface area (Å²) >= 11 is 12.0. The Morgan fingerprint density at radius 1 is 1.14 bits per heavy atom. The molecule has 2 amide bonds. The standard InChI is InChI=1S/C21H24Cl2N2O3/c1-3-14(2)21(27)25-16-7-4-6-15(12-16)13-24-19(26)10-11-28-18-9-5-8-17(22)20(18)23/h4-9,12,14H,3,10-11,13H2,1-2H3,(H,24,26)(H,25,27). The summed E-state index contributed by atoms with van der Waals surface area (Å²) in [7, 11) is 0. The third kappa shape index (κ3) is 6.73. The SMILES string of the molecule is CCC(C)C(=O)Nc1cccc(CNC(=O)CCOc2cccc(Cl)c2Cl)c1. The largest absolute Gasteiger partial charge is 0.491 e. The van der Waals surface area contributed by atoms with Crippen LogP contribution in [0.25, 0.3) is 0 Å². The van der Waals surface area contributed by atoms with Gasteiger partial charge in [0.15, 0.2) is 0 Å². The van der Waals surface area contributed by atoms with E-state index >= 15 is 0 Å². The number of hydrogen-bond acceptors (Lipinski definition) is 3. The van der Waals surface area contributed by atoms with E-state index in [1.807, 2.05) is 38.1 Å². The van der Waals surface area contributed by atoms with Crippen molar-refractivity contribution in [2.75, 3.05) is 11.9 Å². The molecule has 0 heterocycles. The Kier molecular flexibility index (Phi) is 8.61. The average Bonchev–Trinajstić information content (AvgIpc) is 2.69. The molecule has 2 N–H and O–H groups in total. The molecule has 0 saturated heterocycles. The molecule has 1 atom stereocenters. The zero-order valence-corrected chi connectivity index (χ0v) is 17.4. The summed E-state index contributed by atoms with van der Waals surface area (Å²) in [6.45, 7) is 4.42. The molecule has 2 rings (SSSR count). The zero-order chi connectivity index (χ0) is 20.5. The number of carbonyl (C=O) groups is 2. The van der Waals surface area contributed by atoms with Gasteiger partial charge in [-0.2, -0.15) is 0 Å². The second-order valence-corrected chi connectivity index (χ2v) is 7.21. The number of hydrogen-bond donors (Lipinski definition) is 2. The highest BCUT2D eigenvalue weighted by Crippen LogP contribution is 2.31. The number of rotatable bonds is 9. The van der Waals surface area contributed by atoms with E-state index in [-0.39, 0.29) is 30.8 Å². The Labute approximate surface area is 175 Å². The highest BCUT2D eigenvalue weighted by Gasteiger charge is 2.11. The molecule has 5 nitrogen and oxygen atoms in total. The first-order valence-corrected chi connectivity index (χ1v) is 9.89. The lowest BCUT2D eigenvalue weighted by Crippen LogP contribution is -2.24. The molecule has 2 aromatic rings. The van der Waals surface area contributed by atoms with Crippen molar-refractivity contribution < 1.29 is 14.3 Å². The van der Waals surface area contributed by atoms with Crippen LogP contribution in [-0.4, -0.2) is 18.4 Å². The molecule has 0 aliphatic rings. The van der Waals surface area contributed by atoms with Crippen molar-refractivity contribution in [2.24, 2.45) is 5.92 Å². The summed E-state index contributed by atoms with van der Waals surface area (Å²) in [6.07, 6.45) is 0.970. The molecule has 0 fully saturated rings.